The number of hydrogen-bond donors (Lipinski definition) is 1. The number of nitrogens with zero attached hydrogens (tertiary/aromatic N) is 1. The van der Waals surface area contributed by atoms with Crippen molar-refractivity contribution in [3.8, 4) is 0 Å². The Balaban J connectivity index is 2.61. The normalized spacial score (nSPS) is 14.9. The molecular weight excluding hydrogens is 193 g/mol. The Morgan fingerprint density at radius 3 is 2.87 bits per heavy atom. The predicted octanol–water partition coefficient (Wildman–Crippen LogP) is 3.08. The first-order valence-corrected chi connectivity index (χ1v) is 5.42. The molecule has 15 heavy (non-hydrogen) atoms. The highest BCUT2D eigenvalue weighted by molar-refractivity contribution is 5.15. The smallest absolute Gasteiger partial charge is 0.147 e. The lowest BCUT2D eigenvalue weighted by molar-refractivity contribution is 0.141. The van der Waals surface area contributed by atoms with Crippen LogP contribution in [0.5, 0.6) is 0 Å². The molecule has 0 fully saturated rings. The number of aliphatic hydroxyl groups excluding tert-OH is 1. The predicted molar refractivity (Wildman–Crippen MR) is 57.8 cm³/mol. The summed E-state index contributed by atoms with van der Waals surface area (Å²) in [5.74, 6) is -0.00809. The fourth-order valence-corrected chi connectivity index (χ4v) is 1.77. The Bertz CT molecular complexity index is 303. The van der Waals surface area contributed by atoms with Gasteiger partial charge in [-0.2, -0.15) is 0 Å². The van der Waals surface area contributed by atoms with Crippen molar-refractivity contribution in [2.45, 2.75) is 39.2 Å². The van der Waals surface area contributed by atoms with Gasteiger partial charge in [0.2, 0.25) is 0 Å². The molecule has 0 aliphatic rings. The molecule has 1 aromatic heterocycles. The molecule has 0 aliphatic carbocycles. The third-order valence-corrected chi connectivity index (χ3v) is 2.57. The summed E-state index contributed by atoms with van der Waals surface area (Å²) in [7, 11) is 0. The van der Waals surface area contributed by atoms with Crippen molar-refractivity contribution in [3.63, 3.8) is 0 Å². The van der Waals surface area contributed by atoms with Crippen LogP contribution in [0, 0.1) is 11.7 Å². The third kappa shape index (κ3) is 3.59. The van der Waals surface area contributed by atoms with E-state index < -0.39 is 11.9 Å². The second-order valence-electron chi connectivity index (χ2n) is 4.04. The van der Waals surface area contributed by atoms with E-state index in [2.05, 4.69) is 18.8 Å². The van der Waals surface area contributed by atoms with Crippen molar-refractivity contribution in [2.75, 3.05) is 0 Å². The SMILES string of the molecule is CCCC(C)CC(O)c1ccncc1F. The topological polar surface area (TPSA) is 33.1 Å². The summed E-state index contributed by atoms with van der Waals surface area (Å²) >= 11 is 0. The fraction of sp³-hybridized carbons (Fsp3) is 0.583. The molecule has 2 unspecified atom stereocenters. The lowest BCUT2D eigenvalue weighted by Gasteiger charge is -2.16. The molecule has 2 nitrogen and oxygen atoms in total. The van der Waals surface area contributed by atoms with Gasteiger partial charge in [-0.15, -0.1) is 0 Å². The first-order valence-electron chi connectivity index (χ1n) is 5.42. The molecule has 0 aliphatic heterocycles. The summed E-state index contributed by atoms with van der Waals surface area (Å²) < 4.78 is 13.3. The van der Waals surface area contributed by atoms with Gasteiger partial charge in [-0.1, -0.05) is 26.7 Å². The van der Waals surface area contributed by atoms with Gasteiger partial charge in [-0.3, -0.25) is 4.98 Å². The highest BCUT2D eigenvalue weighted by Crippen LogP contribution is 2.24. The van der Waals surface area contributed by atoms with Crippen LogP contribution < -0.4 is 0 Å². The lowest BCUT2D eigenvalue weighted by atomic mass is 9.95. The molecule has 0 spiro atoms. The van der Waals surface area contributed by atoms with E-state index in [4.69, 9.17) is 0 Å². The summed E-state index contributed by atoms with van der Waals surface area (Å²) in [6.45, 7) is 4.18. The molecule has 1 rings (SSSR count). The van der Waals surface area contributed by atoms with E-state index in [0.717, 1.165) is 19.0 Å². The minimum absolute atomic E-state index is 0.355. The van der Waals surface area contributed by atoms with Crippen molar-refractivity contribution in [3.05, 3.63) is 29.8 Å². The number of pyridine rings is 1. The van der Waals surface area contributed by atoms with Crippen molar-refractivity contribution in [1.29, 1.82) is 0 Å². The van der Waals surface area contributed by atoms with Crippen LogP contribution in [0.3, 0.4) is 0 Å². The molecule has 1 N–H and O–H groups in total. The minimum atomic E-state index is -0.713. The Morgan fingerprint density at radius 1 is 1.53 bits per heavy atom. The molecule has 0 aromatic carbocycles. The number of aromatic nitrogens is 1. The van der Waals surface area contributed by atoms with E-state index >= 15 is 0 Å². The summed E-state index contributed by atoms with van der Waals surface area (Å²) in [5, 5.41) is 9.83. The summed E-state index contributed by atoms with van der Waals surface area (Å²) in [4.78, 5) is 3.66. The van der Waals surface area contributed by atoms with Gasteiger partial charge >= 0.3 is 0 Å². The van der Waals surface area contributed by atoms with Gasteiger partial charge in [0.05, 0.1) is 12.3 Å². The van der Waals surface area contributed by atoms with Gasteiger partial charge in [-0.25, -0.2) is 4.39 Å². The van der Waals surface area contributed by atoms with Gasteiger partial charge in [0, 0.05) is 11.8 Å². The molecule has 1 aromatic rings. The third-order valence-electron chi connectivity index (χ3n) is 2.57. The van der Waals surface area contributed by atoms with E-state index in [1.54, 1.807) is 6.07 Å². The van der Waals surface area contributed by atoms with E-state index in [9.17, 15) is 9.50 Å². The van der Waals surface area contributed by atoms with Gasteiger partial charge < -0.3 is 5.11 Å². The highest BCUT2D eigenvalue weighted by Gasteiger charge is 2.15. The maximum absolute atomic E-state index is 13.3. The van der Waals surface area contributed by atoms with Crippen molar-refractivity contribution in [2.24, 2.45) is 5.92 Å². The summed E-state index contributed by atoms with van der Waals surface area (Å²) in [6, 6.07) is 1.54. The zero-order chi connectivity index (χ0) is 11.3. The molecule has 0 bridgehead atoms. The number of halogens is 1. The minimum Gasteiger partial charge on any atom is -0.388 e. The van der Waals surface area contributed by atoms with Crippen LogP contribution in [0.1, 0.15) is 44.8 Å². The van der Waals surface area contributed by atoms with E-state index in [0.29, 0.717) is 17.9 Å². The average Bonchev–Trinajstić information content (AvgIpc) is 2.18. The van der Waals surface area contributed by atoms with Gasteiger partial charge in [-0.05, 0) is 18.4 Å². The van der Waals surface area contributed by atoms with E-state index in [1.807, 2.05) is 0 Å². The second kappa shape index (κ2) is 5.81. The monoisotopic (exact) mass is 211 g/mol. The lowest BCUT2D eigenvalue weighted by Crippen LogP contribution is -2.06. The second-order valence-corrected chi connectivity index (χ2v) is 4.04. The van der Waals surface area contributed by atoms with Crippen LogP contribution in [0.2, 0.25) is 0 Å². The maximum Gasteiger partial charge on any atom is 0.147 e. The molecule has 3 heteroatoms. The number of rotatable bonds is 5. The Kier molecular flexibility index (Phi) is 4.69. The van der Waals surface area contributed by atoms with Crippen LogP contribution in [0.4, 0.5) is 4.39 Å². The van der Waals surface area contributed by atoms with Crippen LogP contribution >= 0.6 is 0 Å². The van der Waals surface area contributed by atoms with E-state index in [1.165, 1.54) is 6.20 Å². The van der Waals surface area contributed by atoms with Gasteiger partial charge in [0.15, 0.2) is 0 Å². The first-order chi connectivity index (χ1) is 7.15. The molecule has 0 saturated heterocycles. The number of hydrogen-bond acceptors (Lipinski definition) is 2. The number of aliphatic hydroxyl groups is 1. The molecular formula is C12H18FNO. The van der Waals surface area contributed by atoms with Crippen LogP contribution in [-0.2, 0) is 0 Å². The maximum atomic E-state index is 13.3. The van der Waals surface area contributed by atoms with Gasteiger partial charge in [0.1, 0.15) is 5.82 Å². The Hall–Kier alpha value is -0.960. The Labute approximate surface area is 90.2 Å². The largest absolute Gasteiger partial charge is 0.388 e. The Morgan fingerprint density at radius 2 is 2.27 bits per heavy atom. The molecule has 0 radical (unpaired) electrons. The summed E-state index contributed by atoms with van der Waals surface area (Å²) in [5.41, 5.74) is 0.355. The first kappa shape index (κ1) is 12.1. The van der Waals surface area contributed by atoms with Crippen LogP contribution in [-0.4, -0.2) is 10.1 Å². The zero-order valence-corrected chi connectivity index (χ0v) is 9.28. The van der Waals surface area contributed by atoms with Crippen molar-refractivity contribution in [1.82, 2.24) is 4.98 Å². The molecule has 84 valence electrons. The van der Waals surface area contributed by atoms with Crippen LogP contribution in [0.15, 0.2) is 18.5 Å². The van der Waals surface area contributed by atoms with Crippen LogP contribution in [0.25, 0.3) is 0 Å². The molecule has 1 heterocycles. The summed E-state index contributed by atoms with van der Waals surface area (Å²) in [6.07, 6.45) is 4.69. The van der Waals surface area contributed by atoms with Crippen molar-refractivity contribution >= 4 is 0 Å². The molecule has 2 atom stereocenters. The molecule has 0 amide bonds. The fourth-order valence-electron chi connectivity index (χ4n) is 1.77. The molecule has 0 saturated carbocycles. The highest BCUT2D eigenvalue weighted by atomic mass is 19.1. The average molecular weight is 211 g/mol. The standard InChI is InChI=1S/C12H18FNO/c1-3-4-9(2)7-12(15)10-5-6-14-8-11(10)13/h5-6,8-9,12,15H,3-4,7H2,1-2H3. The quantitative estimate of drug-likeness (QED) is 0.811. The van der Waals surface area contributed by atoms with Crippen molar-refractivity contribution < 1.29 is 9.50 Å². The zero-order valence-electron chi connectivity index (χ0n) is 9.28. The van der Waals surface area contributed by atoms with Gasteiger partial charge in [0.25, 0.3) is 0 Å². The van der Waals surface area contributed by atoms with E-state index in [-0.39, 0.29) is 0 Å².